The standard InChI is InChI=1S/C10H22O5Si2.C8H12O3.C2H6O2Si2.3C2H4.CH2O/c1-5-10(15-17(2,3)4)16(14)7-8(11)6-9(12)13;1-5(2)3-6-4-7(9)11-8(6)10;1-5(3)6(2)4;4*1-2/h8,10-11H,5-7H2,1-4H3,(H,12,13);5-6H,3-4H2,1-2H3;1-2H3;3*1-2H2;1H2. The zero-order chi connectivity index (χ0) is 35.2. The number of ether oxygens (including phenoxy) is 1. The fourth-order valence-corrected chi connectivity index (χ4v) is 6.64. The van der Waals surface area contributed by atoms with E-state index >= 15 is 0 Å². The molecule has 3 unspecified atom stereocenters. The minimum atomic E-state index is -2.11. The first-order valence-electron chi connectivity index (χ1n) is 13.0. The van der Waals surface area contributed by atoms with Gasteiger partial charge in [-0.2, -0.15) is 0 Å². The van der Waals surface area contributed by atoms with Crippen molar-refractivity contribution in [2.75, 3.05) is 0 Å². The van der Waals surface area contributed by atoms with Crippen LogP contribution in [-0.4, -0.2) is 80.1 Å². The number of aliphatic hydroxyl groups excluding tert-OH is 1. The van der Waals surface area contributed by atoms with Gasteiger partial charge in [0, 0.05) is 6.04 Å². The number of esters is 2. The molecule has 1 heterocycles. The van der Waals surface area contributed by atoms with Crippen LogP contribution in [0.15, 0.2) is 39.5 Å². The number of cyclic esters (lactones) is 2. The number of aliphatic hydroxyl groups is 1. The van der Waals surface area contributed by atoms with Gasteiger partial charge < -0.3 is 37.6 Å². The van der Waals surface area contributed by atoms with Crippen LogP contribution in [0.4, 0.5) is 0 Å². The van der Waals surface area contributed by atoms with E-state index in [1.54, 1.807) is 0 Å². The van der Waals surface area contributed by atoms with Gasteiger partial charge >= 0.3 is 43.0 Å². The summed E-state index contributed by atoms with van der Waals surface area (Å²) in [7, 11) is -7.18. The van der Waals surface area contributed by atoms with E-state index in [4.69, 9.17) is 14.3 Å². The summed E-state index contributed by atoms with van der Waals surface area (Å²) in [5.41, 5.74) is -0.338. The average molecular weight is 667 g/mol. The van der Waals surface area contributed by atoms with Gasteiger partial charge in [0.25, 0.3) is 0 Å². The van der Waals surface area contributed by atoms with E-state index in [1.807, 2.05) is 47.2 Å². The summed E-state index contributed by atoms with van der Waals surface area (Å²) in [5, 5.41) is 17.9. The van der Waals surface area contributed by atoms with Crippen molar-refractivity contribution in [3.8, 4) is 0 Å². The van der Waals surface area contributed by atoms with Gasteiger partial charge in [-0.1, -0.05) is 20.8 Å². The molecule has 0 aromatic heterocycles. The van der Waals surface area contributed by atoms with Gasteiger partial charge in [-0.15, -0.1) is 39.5 Å². The van der Waals surface area contributed by atoms with Crippen LogP contribution in [0.3, 0.4) is 0 Å². The van der Waals surface area contributed by atoms with E-state index in [1.165, 1.54) is 13.1 Å². The van der Waals surface area contributed by atoms with Crippen LogP contribution < -0.4 is 0 Å². The summed E-state index contributed by atoms with van der Waals surface area (Å²) in [6.45, 7) is 35.0. The van der Waals surface area contributed by atoms with Crippen molar-refractivity contribution in [1.82, 2.24) is 0 Å². The Hall–Kier alpha value is -2.31. The molecule has 1 aliphatic heterocycles. The summed E-state index contributed by atoms with van der Waals surface area (Å²) >= 11 is 0. The van der Waals surface area contributed by atoms with Crippen LogP contribution in [0.5, 0.6) is 0 Å². The maximum atomic E-state index is 12.0. The Balaban J connectivity index is -0.000000111. The van der Waals surface area contributed by atoms with Gasteiger partial charge in [0.05, 0.1) is 30.6 Å². The Labute approximate surface area is 258 Å². The molecule has 1 fully saturated rings. The van der Waals surface area contributed by atoms with Crippen molar-refractivity contribution in [2.45, 2.75) is 97.1 Å². The Morgan fingerprint density at radius 2 is 1.40 bits per heavy atom. The van der Waals surface area contributed by atoms with Gasteiger partial charge in [0.1, 0.15) is 6.79 Å². The zero-order valence-electron chi connectivity index (χ0n) is 26.9. The molecule has 0 spiro atoms. The molecule has 0 aliphatic carbocycles. The second-order valence-electron chi connectivity index (χ2n) is 9.49. The van der Waals surface area contributed by atoms with E-state index in [2.05, 4.69) is 44.2 Å². The van der Waals surface area contributed by atoms with E-state index in [-0.39, 0.29) is 42.5 Å². The quantitative estimate of drug-likeness (QED) is 0.132. The molecule has 0 saturated carbocycles. The number of hydrogen-bond acceptors (Lipinski definition) is 10. The van der Waals surface area contributed by atoms with E-state index in [0.717, 1.165) is 6.42 Å². The number of hydrogen-bond donors (Lipinski definition) is 2. The zero-order valence-corrected chi connectivity index (χ0v) is 30.9. The summed E-state index contributed by atoms with van der Waals surface area (Å²) in [6.07, 6.45) is 0.252. The highest BCUT2D eigenvalue weighted by Gasteiger charge is 2.33. The normalized spacial score (nSPS) is 14.1. The minimum Gasteiger partial charge on any atom is -0.481 e. The minimum absolute atomic E-state index is 0.0277. The summed E-state index contributed by atoms with van der Waals surface area (Å²) < 4.78 is 42.3. The Morgan fingerprint density at radius 1 is 1.00 bits per heavy atom. The maximum absolute atomic E-state index is 12.0. The number of carbonyl (C=O) groups is 4. The van der Waals surface area contributed by atoms with Gasteiger partial charge in [0.2, 0.25) is 0 Å². The SMILES string of the molecule is C=C.C=C.C=C.C=O.CC(C)CC1CC(=O)OC1=O.CCC(O[Si](C)(C)C)[Si](=O)CC(O)CC(=O)O.C[Si](=O)[Si](C)=O. The molecule has 3 atom stereocenters. The molecule has 0 aromatic rings. The summed E-state index contributed by atoms with van der Waals surface area (Å²) in [6, 6.07) is 0.0277. The van der Waals surface area contributed by atoms with Crippen LogP contribution >= 0.6 is 0 Å². The van der Waals surface area contributed by atoms with Crippen molar-refractivity contribution in [3.05, 3.63) is 39.5 Å². The molecule has 1 rings (SSSR count). The van der Waals surface area contributed by atoms with Crippen molar-refractivity contribution < 1.29 is 51.9 Å². The third-order valence-corrected chi connectivity index (χ3v) is 11.6. The third-order valence-electron chi connectivity index (χ3n) is 4.29. The number of carboxylic acid groups (broad SMARTS) is 1. The monoisotopic (exact) mass is 666 g/mol. The fourth-order valence-electron chi connectivity index (χ4n) is 2.71. The predicted molar refractivity (Wildman–Crippen MR) is 172 cm³/mol. The molecule has 1 saturated heterocycles. The smallest absolute Gasteiger partial charge is 0.322 e. The third kappa shape index (κ3) is 37.7. The Morgan fingerprint density at radius 3 is 1.64 bits per heavy atom. The van der Waals surface area contributed by atoms with Crippen molar-refractivity contribution in [3.63, 3.8) is 0 Å². The lowest BCUT2D eigenvalue weighted by atomic mass is 9.96. The predicted octanol–water partition coefficient (Wildman–Crippen LogP) is 4.93. The lowest BCUT2D eigenvalue weighted by molar-refractivity contribution is -0.153. The second-order valence-corrected chi connectivity index (χ2v) is 22.4. The molecule has 15 heteroatoms. The van der Waals surface area contributed by atoms with Crippen molar-refractivity contribution in [2.24, 2.45) is 11.8 Å². The molecule has 1 aliphatic rings. The van der Waals surface area contributed by atoms with Gasteiger partial charge in [-0.25, -0.2) is 0 Å². The van der Waals surface area contributed by atoms with Crippen molar-refractivity contribution >= 4 is 58.1 Å². The molecule has 0 radical (unpaired) electrons. The highest BCUT2D eigenvalue weighted by molar-refractivity contribution is 7.06. The largest absolute Gasteiger partial charge is 0.481 e. The molecule has 11 nitrogen and oxygen atoms in total. The Bertz CT molecular complexity index is 779. The molecule has 244 valence electrons. The molecule has 0 amide bonds. The molecular weight excluding hydrogens is 613 g/mol. The molecule has 0 bridgehead atoms. The first-order valence-corrected chi connectivity index (χ1v) is 23.0. The second kappa shape index (κ2) is 33.2. The van der Waals surface area contributed by atoms with Gasteiger partial charge in [0.15, 0.2) is 8.32 Å². The number of aliphatic carboxylic acids is 1. The van der Waals surface area contributed by atoms with Gasteiger partial charge in [-0.3, -0.25) is 14.4 Å². The number of rotatable bonds is 11. The molecule has 0 aromatic carbocycles. The van der Waals surface area contributed by atoms with Crippen LogP contribution in [0.2, 0.25) is 38.8 Å². The van der Waals surface area contributed by atoms with Crippen molar-refractivity contribution in [1.29, 1.82) is 0 Å². The van der Waals surface area contributed by atoms with E-state index in [0.29, 0.717) is 12.3 Å². The average Bonchev–Trinajstić information content (AvgIpc) is 3.22. The highest BCUT2D eigenvalue weighted by atomic mass is 29.2. The van der Waals surface area contributed by atoms with Crippen LogP contribution in [0.25, 0.3) is 0 Å². The first-order chi connectivity index (χ1) is 19.4. The maximum Gasteiger partial charge on any atom is 0.322 e. The van der Waals surface area contributed by atoms with Crippen LogP contribution in [0, 0.1) is 11.8 Å². The Kier molecular flexibility index (Phi) is 41.4. The summed E-state index contributed by atoms with van der Waals surface area (Å²) in [5.74, 6) is -1.53. The topological polar surface area (TPSA) is 178 Å². The number of carboxylic acids is 1. The molecular formula is C27H54O11Si4. The highest BCUT2D eigenvalue weighted by Crippen LogP contribution is 2.22. The lowest BCUT2D eigenvalue weighted by Gasteiger charge is -2.24. The van der Waals surface area contributed by atoms with Crippen LogP contribution in [-0.2, 0) is 41.7 Å². The van der Waals surface area contributed by atoms with E-state index < -0.39 is 45.5 Å². The van der Waals surface area contributed by atoms with E-state index in [9.17, 15) is 32.9 Å². The fraction of sp³-hybridized carbons (Fsp3) is 0.630. The molecule has 2 N–H and O–H groups in total. The lowest BCUT2D eigenvalue weighted by Crippen LogP contribution is -2.38. The first kappa shape index (κ1) is 52.3. The van der Waals surface area contributed by atoms with Crippen LogP contribution in [0.1, 0.15) is 46.5 Å². The molecule has 42 heavy (non-hydrogen) atoms. The summed E-state index contributed by atoms with van der Waals surface area (Å²) in [4.78, 5) is 39.9. The number of carbonyl (C=O) groups excluding carboxylic acids is 3. The van der Waals surface area contributed by atoms with Gasteiger partial charge in [-0.05, 0) is 51.5 Å².